The third-order valence-electron chi connectivity index (χ3n) is 9.35. The van der Waals surface area contributed by atoms with Crippen LogP contribution in [-0.2, 0) is 22.3 Å². The van der Waals surface area contributed by atoms with Crippen LogP contribution in [0.25, 0.3) is 0 Å². The fraction of sp³-hybridized carbons (Fsp3) is 0.733. The van der Waals surface area contributed by atoms with Gasteiger partial charge in [0.05, 0.1) is 12.1 Å². The second-order valence-electron chi connectivity index (χ2n) is 12.8. The number of piperidine rings is 2. The number of carbonyl (C=O) groups excluding carboxylic acids is 2. The summed E-state index contributed by atoms with van der Waals surface area (Å²) in [5.41, 5.74) is -0.252. The maximum Gasteiger partial charge on any atom is 0.416 e. The Bertz CT molecular complexity index is 1000. The highest BCUT2D eigenvalue weighted by atomic mass is 19.4. The molecule has 3 aliphatic heterocycles. The second-order valence-corrected chi connectivity index (χ2v) is 12.8. The zero-order chi connectivity index (χ0) is 27.8. The zero-order valence-electron chi connectivity index (χ0n) is 23.2. The van der Waals surface area contributed by atoms with Crippen molar-refractivity contribution in [1.82, 2.24) is 14.7 Å². The van der Waals surface area contributed by atoms with E-state index in [2.05, 4.69) is 23.6 Å². The number of likely N-dealkylation sites (tertiary alicyclic amines) is 2. The van der Waals surface area contributed by atoms with E-state index in [9.17, 15) is 22.8 Å². The number of hydrogen-bond acceptors (Lipinski definition) is 4. The first-order chi connectivity index (χ1) is 18.5. The number of nitrogens with zero attached hydrogens (tertiary/aromatic N) is 3. The Hall–Kier alpha value is -2.29. The minimum absolute atomic E-state index is 0.115. The summed E-state index contributed by atoms with van der Waals surface area (Å²) in [7, 11) is 0. The highest BCUT2D eigenvalue weighted by molar-refractivity contribution is 5.79. The molecule has 0 radical (unpaired) electrons. The van der Waals surface area contributed by atoms with Crippen molar-refractivity contribution in [3.63, 3.8) is 0 Å². The quantitative estimate of drug-likeness (QED) is 0.466. The maximum atomic E-state index is 13.1. The van der Waals surface area contributed by atoms with Crippen molar-refractivity contribution in [2.45, 2.75) is 77.1 Å². The molecule has 1 aromatic carbocycles. The van der Waals surface area contributed by atoms with Crippen molar-refractivity contribution in [3.8, 4) is 0 Å². The van der Waals surface area contributed by atoms with Crippen LogP contribution in [-0.4, -0.2) is 71.6 Å². The van der Waals surface area contributed by atoms with E-state index in [1.807, 2.05) is 4.90 Å². The number of rotatable bonds is 5. The first-order valence-electron chi connectivity index (χ1n) is 14.6. The number of ether oxygens (including phenoxy) is 1. The molecule has 0 aromatic heterocycles. The molecular weight excluding hydrogens is 507 g/mol. The van der Waals surface area contributed by atoms with Gasteiger partial charge in [0, 0.05) is 58.0 Å². The van der Waals surface area contributed by atoms with Crippen molar-refractivity contribution < 1.29 is 27.5 Å². The monoisotopic (exact) mass is 549 g/mol. The normalized spacial score (nSPS) is 30.0. The zero-order valence-corrected chi connectivity index (χ0v) is 23.2. The molecule has 2 amide bonds. The Kier molecular flexibility index (Phi) is 8.18. The summed E-state index contributed by atoms with van der Waals surface area (Å²) in [6.45, 7) is 9.58. The lowest BCUT2D eigenvalue weighted by atomic mass is 9.80. The summed E-state index contributed by atoms with van der Waals surface area (Å²) in [6.07, 6.45) is 1.82. The Morgan fingerprint density at radius 2 is 1.62 bits per heavy atom. The van der Waals surface area contributed by atoms with E-state index in [1.54, 1.807) is 12.1 Å². The molecule has 3 saturated heterocycles. The van der Waals surface area contributed by atoms with E-state index >= 15 is 0 Å². The molecule has 6 nitrogen and oxygen atoms in total. The average molecular weight is 550 g/mol. The van der Waals surface area contributed by atoms with Gasteiger partial charge in [-0.1, -0.05) is 26.0 Å². The van der Waals surface area contributed by atoms with E-state index in [1.165, 1.54) is 6.42 Å². The Balaban J connectivity index is 1.06. The smallest absolute Gasteiger partial charge is 0.416 e. The first-order valence-corrected chi connectivity index (χ1v) is 14.6. The number of benzene rings is 1. The Labute approximate surface area is 229 Å². The van der Waals surface area contributed by atoms with Crippen LogP contribution in [0.15, 0.2) is 24.3 Å². The third kappa shape index (κ3) is 6.72. The summed E-state index contributed by atoms with van der Waals surface area (Å²) in [6, 6.07) is 5.35. The van der Waals surface area contributed by atoms with Gasteiger partial charge in [0.25, 0.3) is 0 Å². The van der Waals surface area contributed by atoms with E-state index in [4.69, 9.17) is 4.74 Å². The summed E-state index contributed by atoms with van der Waals surface area (Å²) in [5, 5.41) is 0. The van der Waals surface area contributed by atoms with Crippen LogP contribution < -0.4 is 0 Å². The molecule has 1 aromatic rings. The summed E-state index contributed by atoms with van der Waals surface area (Å²) >= 11 is 0. The third-order valence-corrected chi connectivity index (χ3v) is 9.35. The number of amides is 2. The lowest BCUT2D eigenvalue weighted by Gasteiger charge is -2.39. The van der Waals surface area contributed by atoms with Crippen LogP contribution in [0.4, 0.5) is 18.0 Å². The van der Waals surface area contributed by atoms with Gasteiger partial charge in [0.1, 0.15) is 5.60 Å². The van der Waals surface area contributed by atoms with Gasteiger partial charge in [-0.15, -0.1) is 0 Å². The predicted molar refractivity (Wildman–Crippen MR) is 142 cm³/mol. The molecule has 2 atom stereocenters. The van der Waals surface area contributed by atoms with E-state index in [-0.39, 0.29) is 12.0 Å². The van der Waals surface area contributed by atoms with Crippen molar-refractivity contribution in [1.29, 1.82) is 0 Å². The maximum absolute atomic E-state index is 13.1. The standard InChI is InChI=1S/C30H42F3N3O3/c1-21-15-22(2)17-35(16-21)27(37)25-7-3-24(4-8-25)19-36-20-29(39-28(36)38)11-13-34(14-12-29)18-23-5-9-26(10-6-23)30(31,32)33/h5-6,9-10,21-22,24-25H,3-4,7-8,11-20H2,1-2H3/t21?,22?,24-,25-. The van der Waals surface area contributed by atoms with E-state index in [0.29, 0.717) is 43.3 Å². The van der Waals surface area contributed by atoms with Crippen LogP contribution in [0.1, 0.15) is 69.9 Å². The number of halogens is 3. The summed E-state index contributed by atoms with van der Waals surface area (Å²) in [4.78, 5) is 32.1. The highest BCUT2D eigenvalue weighted by Crippen LogP contribution is 2.37. The molecule has 4 aliphatic rings. The van der Waals surface area contributed by atoms with Crippen molar-refractivity contribution in [2.75, 3.05) is 39.3 Å². The second kappa shape index (κ2) is 11.3. The summed E-state index contributed by atoms with van der Waals surface area (Å²) in [5.74, 6) is 1.98. The van der Waals surface area contributed by atoms with Crippen molar-refractivity contribution in [3.05, 3.63) is 35.4 Å². The van der Waals surface area contributed by atoms with Crippen LogP contribution in [0.2, 0.25) is 0 Å². The van der Waals surface area contributed by atoms with Gasteiger partial charge in [-0.2, -0.15) is 13.2 Å². The molecular formula is C30H42F3N3O3. The Morgan fingerprint density at radius 1 is 1.00 bits per heavy atom. The minimum atomic E-state index is -4.32. The van der Waals surface area contributed by atoms with E-state index in [0.717, 1.165) is 82.4 Å². The fourth-order valence-electron chi connectivity index (χ4n) is 7.27. The molecule has 1 spiro atoms. The topological polar surface area (TPSA) is 53.1 Å². The van der Waals surface area contributed by atoms with Crippen LogP contribution in [0.3, 0.4) is 0 Å². The molecule has 4 fully saturated rings. The predicted octanol–water partition coefficient (Wildman–Crippen LogP) is 5.80. The molecule has 0 bridgehead atoms. The lowest BCUT2D eigenvalue weighted by molar-refractivity contribution is -0.139. The van der Waals surface area contributed by atoms with Gasteiger partial charge in [0.2, 0.25) is 5.91 Å². The number of carbonyl (C=O) groups is 2. The van der Waals surface area contributed by atoms with Crippen molar-refractivity contribution >= 4 is 12.0 Å². The SMILES string of the molecule is CC1CC(C)CN(C(=O)[C@H]2CC[C@H](CN3CC4(CCN(Cc5ccc(C(F)(F)F)cc5)CC4)OC3=O)CC2)C1. The minimum Gasteiger partial charge on any atom is -0.441 e. The molecule has 216 valence electrons. The number of alkyl halides is 3. The Morgan fingerprint density at radius 3 is 2.21 bits per heavy atom. The largest absolute Gasteiger partial charge is 0.441 e. The van der Waals surface area contributed by atoms with Gasteiger partial charge in [-0.05, 0) is 67.6 Å². The van der Waals surface area contributed by atoms with Crippen LogP contribution in [0, 0.1) is 23.7 Å². The average Bonchev–Trinajstić information content (AvgIpc) is 3.19. The molecule has 1 saturated carbocycles. The fourth-order valence-corrected chi connectivity index (χ4v) is 7.27. The van der Waals surface area contributed by atoms with Gasteiger partial charge in [0.15, 0.2) is 0 Å². The molecule has 5 rings (SSSR count). The molecule has 9 heteroatoms. The van der Waals surface area contributed by atoms with Gasteiger partial charge in [-0.3, -0.25) is 9.69 Å². The number of hydrogen-bond donors (Lipinski definition) is 0. The van der Waals surface area contributed by atoms with Crippen LogP contribution >= 0.6 is 0 Å². The van der Waals surface area contributed by atoms with Gasteiger partial charge >= 0.3 is 12.3 Å². The van der Waals surface area contributed by atoms with Crippen LogP contribution in [0.5, 0.6) is 0 Å². The van der Waals surface area contributed by atoms with Gasteiger partial charge < -0.3 is 14.5 Å². The van der Waals surface area contributed by atoms with Crippen molar-refractivity contribution in [2.24, 2.45) is 23.7 Å². The molecule has 0 N–H and O–H groups in total. The molecule has 1 aliphatic carbocycles. The first kappa shape index (κ1) is 28.2. The molecule has 3 heterocycles. The van der Waals surface area contributed by atoms with E-state index < -0.39 is 17.3 Å². The van der Waals surface area contributed by atoms with Gasteiger partial charge in [-0.25, -0.2) is 4.79 Å². The highest BCUT2D eigenvalue weighted by Gasteiger charge is 2.47. The molecule has 39 heavy (non-hydrogen) atoms. The molecule has 2 unspecified atom stereocenters. The summed E-state index contributed by atoms with van der Waals surface area (Å²) < 4.78 is 44.4. The lowest BCUT2D eigenvalue weighted by Crippen LogP contribution is -2.47.